The number of benzene rings is 1. The summed E-state index contributed by atoms with van der Waals surface area (Å²) in [6, 6.07) is 2.86. The van der Waals surface area contributed by atoms with E-state index in [2.05, 4.69) is 19.7 Å². The second-order valence-electron chi connectivity index (χ2n) is 8.19. The van der Waals surface area contributed by atoms with Crippen molar-refractivity contribution in [3.8, 4) is 17.1 Å². The Morgan fingerprint density at radius 1 is 1.31 bits per heavy atom. The number of carbonyl (C=O) groups excluding carboxylic acids is 1. The summed E-state index contributed by atoms with van der Waals surface area (Å²) in [5.41, 5.74) is 6.42. The van der Waals surface area contributed by atoms with Crippen LogP contribution in [0.5, 0.6) is 5.88 Å². The van der Waals surface area contributed by atoms with Gasteiger partial charge in [0.1, 0.15) is 5.82 Å². The van der Waals surface area contributed by atoms with Crippen molar-refractivity contribution in [1.29, 1.82) is 0 Å². The van der Waals surface area contributed by atoms with Crippen molar-refractivity contribution in [2.24, 2.45) is 5.73 Å². The molecule has 1 aliphatic carbocycles. The van der Waals surface area contributed by atoms with E-state index in [1.54, 1.807) is 18.4 Å². The van der Waals surface area contributed by atoms with Gasteiger partial charge in [0, 0.05) is 36.1 Å². The predicted octanol–water partition coefficient (Wildman–Crippen LogP) is 3.31. The first-order valence-corrected chi connectivity index (χ1v) is 13.7. The number of ether oxygens (including phenoxy) is 2. The van der Waals surface area contributed by atoms with Crippen LogP contribution in [-0.4, -0.2) is 54.9 Å². The Morgan fingerprint density at radius 3 is 2.75 bits per heavy atom. The SMILES string of the molecule is CCOc1cncc(-c2ccc(C(N)=O)c(F)c2C(CCOC)c2csc(NS(=O)(=O)C3CC3)n2)n1. The highest BCUT2D eigenvalue weighted by molar-refractivity contribution is 7.93. The average Bonchev–Trinajstić information content (AvgIpc) is 3.61. The monoisotopic (exact) mass is 535 g/mol. The number of nitrogens with two attached hydrogens (primary N) is 1. The van der Waals surface area contributed by atoms with E-state index in [1.165, 1.54) is 25.6 Å². The molecule has 10 nitrogen and oxygen atoms in total. The largest absolute Gasteiger partial charge is 0.477 e. The van der Waals surface area contributed by atoms with Gasteiger partial charge in [-0.05, 0) is 32.3 Å². The number of anilines is 1. The number of rotatable bonds is 12. The van der Waals surface area contributed by atoms with Gasteiger partial charge in [0.2, 0.25) is 15.9 Å². The normalized spacial score (nSPS) is 14.4. The van der Waals surface area contributed by atoms with Gasteiger partial charge < -0.3 is 15.2 Å². The number of methoxy groups -OCH3 is 1. The van der Waals surface area contributed by atoms with Crippen LogP contribution in [0.1, 0.15) is 53.7 Å². The second kappa shape index (κ2) is 10.8. The van der Waals surface area contributed by atoms with Crippen molar-refractivity contribution in [2.75, 3.05) is 25.0 Å². The van der Waals surface area contributed by atoms with Crippen LogP contribution in [-0.2, 0) is 14.8 Å². The Kier molecular flexibility index (Phi) is 7.81. The summed E-state index contributed by atoms with van der Waals surface area (Å²) < 4.78 is 53.9. The van der Waals surface area contributed by atoms with Crippen LogP contribution in [0.4, 0.5) is 9.52 Å². The summed E-state index contributed by atoms with van der Waals surface area (Å²) in [4.78, 5) is 25.0. The number of nitrogens with zero attached hydrogens (tertiary/aromatic N) is 3. The average molecular weight is 536 g/mol. The molecular formula is C23H26FN5O5S2. The molecule has 1 atom stereocenters. The van der Waals surface area contributed by atoms with E-state index < -0.39 is 32.9 Å². The van der Waals surface area contributed by atoms with Crippen LogP contribution in [0.25, 0.3) is 11.3 Å². The van der Waals surface area contributed by atoms with Gasteiger partial charge in [0.15, 0.2) is 5.13 Å². The van der Waals surface area contributed by atoms with E-state index in [0.29, 0.717) is 42.8 Å². The molecule has 4 rings (SSSR count). The predicted molar refractivity (Wildman–Crippen MR) is 133 cm³/mol. The maximum atomic E-state index is 15.9. The van der Waals surface area contributed by atoms with E-state index in [0.717, 1.165) is 11.3 Å². The maximum Gasteiger partial charge on any atom is 0.251 e. The van der Waals surface area contributed by atoms with Crippen molar-refractivity contribution >= 4 is 32.4 Å². The summed E-state index contributed by atoms with van der Waals surface area (Å²) in [7, 11) is -2.00. The van der Waals surface area contributed by atoms with E-state index in [9.17, 15) is 13.2 Å². The van der Waals surface area contributed by atoms with Gasteiger partial charge in [-0.1, -0.05) is 6.07 Å². The highest BCUT2D eigenvalue weighted by atomic mass is 32.2. The Labute approximate surface area is 212 Å². The highest BCUT2D eigenvalue weighted by Crippen LogP contribution is 2.39. The number of sulfonamides is 1. The minimum atomic E-state index is -3.52. The Morgan fingerprint density at radius 2 is 2.08 bits per heavy atom. The molecular weight excluding hydrogens is 509 g/mol. The molecule has 0 spiro atoms. The maximum absolute atomic E-state index is 15.9. The standard InChI is InChI=1S/C23H26FN5O5S2/c1-3-34-19-11-26-10-17(27-19)14-6-7-16(22(25)30)21(24)20(14)15(8-9-33-2)18-12-35-23(28-18)29-36(31,32)13-4-5-13/h6-7,10-13,15H,3-5,8-9H2,1-2H3,(H2,25,30)(H,28,29). The molecule has 2 heterocycles. The zero-order valence-electron chi connectivity index (χ0n) is 19.7. The molecule has 1 fully saturated rings. The molecule has 0 aliphatic heterocycles. The van der Waals surface area contributed by atoms with Gasteiger partial charge in [-0.2, -0.15) is 0 Å². The van der Waals surface area contributed by atoms with E-state index in [4.69, 9.17) is 15.2 Å². The van der Waals surface area contributed by atoms with Gasteiger partial charge in [-0.15, -0.1) is 11.3 Å². The van der Waals surface area contributed by atoms with E-state index in [1.807, 2.05) is 0 Å². The minimum Gasteiger partial charge on any atom is -0.477 e. The molecule has 1 aliphatic rings. The number of primary amides is 1. The first-order chi connectivity index (χ1) is 17.2. The highest BCUT2D eigenvalue weighted by Gasteiger charge is 2.36. The van der Waals surface area contributed by atoms with E-state index in [-0.39, 0.29) is 28.7 Å². The lowest BCUT2D eigenvalue weighted by molar-refractivity contribution is 0.0996. The van der Waals surface area contributed by atoms with Gasteiger partial charge in [0.25, 0.3) is 5.91 Å². The summed E-state index contributed by atoms with van der Waals surface area (Å²) in [6.45, 7) is 2.42. The van der Waals surface area contributed by atoms with Gasteiger partial charge in [-0.3, -0.25) is 14.5 Å². The summed E-state index contributed by atoms with van der Waals surface area (Å²) in [5, 5.41) is 1.43. The molecule has 3 N–H and O–H groups in total. The molecule has 192 valence electrons. The lowest BCUT2D eigenvalue weighted by atomic mass is 9.86. The third-order valence-corrected chi connectivity index (χ3v) is 8.39. The van der Waals surface area contributed by atoms with E-state index >= 15 is 4.39 Å². The van der Waals surface area contributed by atoms with Crippen molar-refractivity contribution in [3.05, 3.63) is 52.5 Å². The quantitative estimate of drug-likeness (QED) is 0.359. The topological polar surface area (TPSA) is 146 Å². The number of hydrogen-bond donors (Lipinski definition) is 2. The van der Waals surface area contributed by atoms with Gasteiger partial charge >= 0.3 is 0 Å². The molecule has 1 amide bonds. The number of halogens is 1. The summed E-state index contributed by atoms with van der Waals surface area (Å²) >= 11 is 1.10. The first kappa shape index (κ1) is 25.9. The minimum absolute atomic E-state index is 0.133. The lowest BCUT2D eigenvalue weighted by Gasteiger charge is -2.21. The number of hydrogen-bond acceptors (Lipinski definition) is 9. The fraction of sp³-hybridized carbons (Fsp3) is 0.391. The molecule has 1 unspecified atom stereocenters. The summed E-state index contributed by atoms with van der Waals surface area (Å²) in [6.07, 6.45) is 4.43. The van der Waals surface area contributed by atoms with Gasteiger partial charge in [0.05, 0.1) is 41.2 Å². The first-order valence-electron chi connectivity index (χ1n) is 11.3. The molecule has 0 radical (unpaired) electrons. The zero-order valence-corrected chi connectivity index (χ0v) is 21.4. The summed E-state index contributed by atoms with van der Waals surface area (Å²) in [5.74, 6) is -2.17. The van der Waals surface area contributed by atoms with Crippen LogP contribution in [0.15, 0.2) is 29.9 Å². The lowest BCUT2D eigenvalue weighted by Crippen LogP contribution is -2.18. The fourth-order valence-corrected chi connectivity index (χ4v) is 6.16. The Balaban J connectivity index is 1.83. The Hall–Kier alpha value is -3.16. The molecule has 1 saturated carbocycles. The van der Waals surface area contributed by atoms with Crippen LogP contribution in [0.2, 0.25) is 0 Å². The smallest absolute Gasteiger partial charge is 0.251 e. The number of amides is 1. The number of thiazole rings is 1. The van der Waals surface area contributed by atoms with Gasteiger partial charge in [-0.25, -0.2) is 22.8 Å². The van der Waals surface area contributed by atoms with Crippen LogP contribution >= 0.6 is 11.3 Å². The zero-order chi connectivity index (χ0) is 25.9. The van der Waals surface area contributed by atoms with Crippen LogP contribution in [0, 0.1) is 5.82 Å². The van der Waals surface area contributed by atoms with Crippen molar-refractivity contribution in [1.82, 2.24) is 15.0 Å². The third kappa shape index (κ3) is 5.63. The molecule has 1 aromatic carbocycles. The number of aromatic nitrogens is 3. The molecule has 0 bridgehead atoms. The van der Waals surface area contributed by atoms with Crippen LogP contribution in [0.3, 0.4) is 0 Å². The molecule has 3 aromatic rings. The Bertz CT molecular complexity index is 1360. The molecule has 13 heteroatoms. The third-order valence-electron chi connectivity index (χ3n) is 5.66. The van der Waals surface area contributed by atoms with Crippen molar-refractivity contribution in [3.63, 3.8) is 0 Å². The van der Waals surface area contributed by atoms with Crippen LogP contribution < -0.4 is 15.2 Å². The molecule has 0 saturated heterocycles. The number of carbonyl (C=O) groups is 1. The fourth-order valence-electron chi connectivity index (χ4n) is 3.79. The number of nitrogens with one attached hydrogen (secondary N) is 1. The molecule has 36 heavy (non-hydrogen) atoms. The molecule has 2 aromatic heterocycles. The van der Waals surface area contributed by atoms with Crippen molar-refractivity contribution < 1.29 is 27.1 Å². The second-order valence-corrected chi connectivity index (χ2v) is 11.0. The van der Waals surface area contributed by atoms with Crippen molar-refractivity contribution in [2.45, 2.75) is 37.4 Å².